The first-order valence-electron chi connectivity index (χ1n) is 10.3. The molecule has 2 heterocycles. The summed E-state index contributed by atoms with van der Waals surface area (Å²) in [6.07, 6.45) is 4.06. The first-order chi connectivity index (χ1) is 13.9. The van der Waals surface area contributed by atoms with Crippen molar-refractivity contribution in [3.8, 4) is 5.75 Å². The summed E-state index contributed by atoms with van der Waals surface area (Å²) in [5.41, 5.74) is 7.33. The predicted octanol–water partition coefficient (Wildman–Crippen LogP) is 2.22. The van der Waals surface area contributed by atoms with Crippen molar-refractivity contribution in [2.45, 2.75) is 44.8 Å². The van der Waals surface area contributed by atoms with E-state index >= 15 is 0 Å². The standard InChI is InChI=1S/C21H32ClN3O4/c1-13-19(23)17(22)10-16(20(13)28-2)21(27)24-11-14-5-7-25(12-18(14)26)8-6-15-4-3-9-29-15/h10,14-15,18,26H,3-9,11-12,23H2,1-2H3,(H,24,27)/t14-,15?,18+/m0/s1. The van der Waals surface area contributed by atoms with E-state index in [9.17, 15) is 9.90 Å². The number of anilines is 1. The number of nitrogen functional groups attached to an aromatic ring is 1. The number of halogens is 1. The number of carbonyl (C=O) groups is 1. The zero-order valence-corrected chi connectivity index (χ0v) is 18.0. The average Bonchev–Trinajstić information content (AvgIpc) is 3.23. The van der Waals surface area contributed by atoms with Crippen LogP contribution in [0.5, 0.6) is 5.75 Å². The van der Waals surface area contributed by atoms with Crippen LogP contribution >= 0.6 is 11.6 Å². The van der Waals surface area contributed by atoms with E-state index in [1.54, 1.807) is 6.92 Å². The van der Waals surface area contributed by atoms with E-state index in [1.165, 1.54) is 13.2 Å². The number of nitrogens with one attached hydrogen (secondary N) is 1. The molecule has 0 bridgehead atoms. The van der Waals surface area contributed by atoms with Crippen LogP contribution < -0.4 is 15.8 Å². The smallest absolute Gasteiger partial charge is 0.255 e. The Morgan fingerprint density at radius 2 is 2.28 bits per heavy atom. The largest absolute Gasteiger partial charge is 0.496 e. The second kappa shape index (κ2) is 9.98. The Hall–Kier alpha value is -1.54. The van der Waals surface area contributed by atoms with Crippen molar-refractivity contribution in [1.82, 2.24) is 10.2 Å². The second-order valence-electron chi connectivity index (χ2n) is 8.03. The van der Waals surface area contributed by atoms with Gasteiger partial charge in [0.15, 0.2) is 0 Å². The number of ether oxygens (including phenoxy) is 2. The zero-order valence-electron chi connectivity index (χ0n) is 17.2. The van der Waals surface area contributed by atoms with Gasteiger partial charge in [0.1, 0.15) is 5.75 Å². The molecule has 2 aliphatic heterocycles. The van der Waals surface area contributed by atoms with Crippen molar-refractivity contribution in [3.05, 3.63) is 22.2 Å². The van der Waals surface area contributed by atoms with Crippen LogP contribution in [0.15, 0.2) is 6.07 Å². The van der Waals surface area contributed by atoms with Gasteiger partial charge < -0.3 is 30.5 Å². The van der Waals surface area contributed by atoms with Crippen LogP contribution in [0.25, 0.3) is 0 Å². The molecule has 0 saturated carbocycles. The van der Waals surface area contributed by atoms with Gasteiger partial charge >= 0.3 is 0 Å². The number of aliphatic hydroxyl groups excluding tert-OH is 1. The van der Waals surface area contributed by atoms with Gasteiger partial charge in [0.25, 0.3) is 5.91 Å². The van der Waals surface area contributed by atoms with Crippen LogP contribution in [0.2, 0.25) is 5.02 Å². The van der Waals surface area contributed by atoms with Crippen LogP contribution in [-0.2, 0) is 4.74 Å². The Morgan fingerprint density at radius 1 is 1.48 bits per heavy atom. The molecule has 4 N–H and O–H groups in total. The van der Waals surface area contributed by atoms with Crippen molar-refractivity contribution in [1.29, 1.82) is 0 Å². The van der Waals surface area contributed by atoms with E-state index in [1.807, 2.05) is 0 Å². The van der Waals surface area contributed by atoms with Gasteiger partial charge in [0.2, 0.25) is 0 Å². The first kappa shape index (κ1) is 22.2. The van der Waals surface area contributed by atoms with Crippen molar-refractivity contribution >= 4 is 23.2 Å². The normalized spacial score (nSPS) is 25.2. The van der Waals surface area contributed by atoms with Gasteiger partial charge in [0.05, 0.1) is 35.6 Å². The van der Waals surface area contributed by atoms with Crippen molar-refractivity contribution < 1.29 is 19.4 Å². The van der Waals surface area contributed by atoms with Gasteiger partial charge in [-0.15, -0.1) is 0 Å². The number of rotatable bonds is 7. The van der Waals surface area contributed by atoms with Crippen molar-refractivity contribution in [3.63, 3.8) is 0 Å². The summed E-state index contributed by atoms with van der Waals surface area (Å²) in [5.74, 6) is 0.169. The number of hydrogen-bond donors (Lipinski definition) is 3. The van der Waals surface area contributed by atoms with Gasteiger partial charge in [-0.2, -0.15) is 0 Å². The fraction of sp³-hybridized carbons (Fsp3) is 0.667. The third kappa shape index (κ3) is 5.34. The number of benzene rings is 1. The molecular formula is C21H32ClN3O4. The number of β-amino-alcohol motifs (C(OH)–C–C–N with tert-alkyl or cyclic N) is 1. The molecule has 162 valence electrons. The van der Waals surface area contributed by atoms with E-state index in [0.29, 0.717) is 46.8 Å². The molecule has 3 rings (SSSR count). The summed E-state index contributed by atoms with van der Waals surface area (Å²) in [6.45, 7) is 5.54. The number of hydrogen-bond acceptors (Lipinski definition) is 6. The minimum Gasteiger partial charge on any atom is -0.496 e. The molecule has 3 atom stereocenters. The Kier molecular flexibility index (Phi) is 7.62. The molecule has 0 radical (unpaired) electrons. The summed E-state index contributed by atoms with van der Waals surface area (Å²) >= 11 is 6.14. The van der Waals surface area contributed by atoms with E-state index in [0.717, 1.165) is 45.4 Å². The number of nitrogens with two attached hydrogens (primary N) is 1. The predicted molar refractivity (Wildman–Crippen MR) is 114 cm³/mol. The highest BCUT2D eigenvalue weighted by atomic mass is 35.5. The molecule has 2 aliphatic rings. The lowest BCUT2D eigenvalue weighted by atomic mass is 9.93. The molecule has 0 aliphatic carbocycles. The van der Waals surface area contributed by atoms with Crippen LogP contribution in [0.3, 0.4) is 0 Å². The number of amides is 1. The van der Waals surface area contributed by atoms with Gasteiger partial charge in [-0.05, 0) is 45.2 Å². The first-order valence-corrected chi connectivity index (χ1v) is 10.7. The van der Waals surface area contributed by atoms with Gasteiger partial charge in [-0.25, -0.2) is 0 Å². The summed E-state index contributed by atoms with van der Waals surface area (Å²) in [6, 6.07) is 1.53. The topological polar surface area (TPSA) is 97.0 Å². The molecule has 1 amide bonds. The molecule has 0 aromatic heterocycles. The molecule has 1 unspecified atom stereocenters. The van der Waals surface area contributed by atoms with Gasteiger partial charge in [-0.1, -0.05) is 11.6 Å². The number of likely N-dealkylation sites (tertiary alicyclic amines) is 1. The third-order valence-electron chi connectivity index (χ3n) is 6.09. The molecule has 1 aromatic rings. The van der Waals surface area contributed by atoms with Crippen LogP contribution in [-0.4, -0.2) is 68.0 Å². The number of carbonyl (C=O) groups excluding carboxylic acids is 1. The maximum Gasteiger partial charge on any atom is 0.255 e. The number of nitrogens with zero attached hydrogens (tertiary/aromatic N) is 1. The molecule has 2 saturated heterocycles. The summed E-state index contributed by atoms with van der Waals surface area (Å²) in [5, 5.41) is 13.8. The summed E-state index contributed by atoms with van der Waals surface area (Å²) in [7, 11) is 1.50. The monoisotopic (exact) mass is 425 g/mol. The Morgan fingerprint density at radius 3 is 2.93 bits per heavy atom. The zero-order chi connectivity index (χ0) is 21.0. The SMILES string of the molecule is COc1c(C(=O)NC[C@@H]2CCN(CCC3CCCO3)C[C@H]2O)cc(Cl)c(N)c1C. The van der Waals surface area contributed by atoms with E-state index in [2.05, 4.69) is 10.2 Å². The lowest BCUT2D eigenvalue weighted by molar-refractivity contribution is 0.0140. The van der Waals surface area contributed by atoms with Crippen LogP contribution in [0, 0.1) is 12.8 Å². The molecule has 29 heavy (non-hydrogen) atoms. The highest BCUT2D eigenvalue weighted by Gasteiger charge is 2.29. The lowest BCUT2D eigenvalue weighted by Gasteiger charge is -2.36. The number of aliphatic hydroxyl groups is 1. The molecule has 0 spiro atoms. The van der Waals surface area contributed by atoms with E-state index in [4.69, 9.17) is 26.8 Å². The molecule has 2 fully saturated rings. The number of piperidine rings is 1. The Balaban J connectivity index is 1.51. The van der Waals surface area contributed by atoms with Gasteiger partial charge in [0, 0.05) is 37.7 Å². The van der Waals surface area contributed by atoms with Crippen molar-refractivity contribution in [2.75, 3.05) is 45.6 Å². The number of methoxy groups -OCH3 is 1. The van der Waals surface area contributed by atoms with E-state index < -0.39 is 6.10 Å². The highest BCUT2D eigenvalue weighted by Crippen LogP contribution is 2.34. The summed E-state index contributed by atoms with van der Waals surface area (Å²) in [4.78, 5) is 15.0. The summed E-state index contributed by atoms with van der Waals surface area (Å²) < 4.78 is 11.0. The van der Waals surface area contributed by atoms with Crippen molar-refractivity contribution in [2.24, 2.45) is 5.92 Å². The Bertz CT molecular complexity index is 724. The fourth-order valence-corrected chi connectivity index (χ4v) is 4.46. The van der Waals surface area contributed by atoms with Crippen LogP contribution in [0.4, 0.5) is 5.69 Å². The molecule has 1 aromatic carbocycles. The average molecular weight is 426 g/mol. The minimum absolute atomic E-state index is 0.0225. The Labute approximate surface area is 177 Å². The highest BCUT2D eigenvalue weighted by molar-refractivity contribution is 6.33. The van der Waals surface area contributed by atoms with Gasteiger partial charge in [-0.3, -0.25) is 4.79 Å². The van der Waals surface area contributed by atoms with E-state index in [-0.39, 0.29) is 11.8 Å². The van der Waals surface area contributed by atoms with Crippen LogP contribution in [0.1, 0.15) is 41.6 Å². The minimum atomic E-state index is -0.466. The molecule has 8 heteroatoms. The third-order valence-corrected chi connectivity index (χ3v) is 6.40. The molecular weight excluding hydrogens is 394 g/mol. The fourth-order valence-electron chi connectivity index (χ4n) is 4.21. The quantitative estimate of drug-likeness (QED) is 0.579. The molecule has 7 nitrogen and oxygen atoms in total. The lowest BCUT2D eigenvalue weighted by Crippen LogP contribution is -2.48. The second-order valence-corrected chi connectivity index (χ2v) is 8.44. The maximum atomic E-state index is 12.7. The maximum absolute atomic E-state index is 12.7.